The molecule has 298 valence electrons. The van der Waals surface area contributed by atoms with Crippen molar-refractivity contribution in [3.8, 4) is 40.1 Å². The molecule has 0 saturated carbocycles. The van der Waals surface area contributed by atoms with E-state index in [1.165, 1.54) is 13.0 Å². The first-order valence-corrected chi connectivity index (χ1v) is 16.5. The van der Waals surface area contributed by atoms with Crippen LogP contribution < -0.4 is 14.9 Å². The van der Waals surface area contributed by atoms with Gasteiger partial charge in [0.25, 0.3) is 0 Å². The highest BCUT2D eigenvalue weighted by Gasteiger charge is 2.48. The minimum atomic E-state index is -2.05. The third kappa shape index (κ3) is 7.39. The van der Waals surface area contributed by atoms with Crippen LogP contribution in [0, 0.1) is 0 Å². The Morgan fingerprint density at radius 2 is 1.22 bits per heavy atom. The summed E-state index contributed by atoms with van der Waals surface area (Å²) in [7, 11) is 0. The highest BCUT2D eigenvalue weighted by atomic mass is 16.7. The number of benzene rings is 2. The molecule has 54 heavy (non-hydrogen) atoms. The number of rotatable bonds is 9. The maximum atomic E-state index is 14.1. The number of aliphatic hydroxyl groups is 10. The van der Waals surface area contributed by atoms with Gasteiger partial charge in [-0.3, -0.25) is 4.79 Å². The molecule has 6 rings (SSSR count). The van der Waals surface area contributed by atoms with Crippen LogP contribution in [0.15, 0.2) is 39.5 Å². The first kappa shape index (κ1) is 39.8. The second kappa shape index (κ2) is 15.7. The van der Waals surface area contributed by atoms with E-state index in [1.54, 1.807) is 0 Å². The first-order valence-electron chi connectivity index (χ1n) is 16.5. The summed E-state index contributed by atoms with van der Waals surface area (Å²) >= 11 is 0. The SMILES string of the molecule is C[C@@H]1O[C@H](OC[C@H]2O[C@@H](Oc3c(-c4ccc(O)c(O)c4)oc4cc(O[C@@H]5O[C@H](CO)[C@@H](O)[C@H](O)[C@H]5O)cc(O)c4c3=O)[C@H](O)[C@@H](O)[C@H]2O)[C@H](O)[C@H](O)[C@H]1O. The molecule has 21 heteroatoms. The fraction of sp³-hybridized carbons (Fsp3) is 0.545. The van der Waals surface area contributed by atoms with Gasteiger partial charge in [-0.15, -0.1) is 0 Å². The van der Waals surface area contributed by atoms with Gasteiger partial charge in [-0.05, 0) is 25.1 Å². The summed E-state index contributed by atoms with van der Waals surface area (Å²) < 4.78 is 39.1. The number of phenols is 3. The maximum Gasteiger partial charge on any atom is 0.239 e. The Hall–Kier alpha value is -3.91. The van der Waals surface area contributed by atoms with Crippen LogP contribution in [0.1, 0.15) is 6.92 Å². The summed E-state index contributed by atoms with van der Waals surface area (Å²) in [6.45, 7) is -0.0204. The molecule has 3 aliphatic rings. The minimum Gasteiger partial charge on any atom is -0.507 e. The van der Waals surface area contributed by atoms with E-state index in [0.29, 0.717) is 0 Å². The number of ether oxygens (including phenoxy) is 6. The number of aromatic hydroxyl groups is 3. The van der Waals surface area contributed by atoms with Gasteiger partial charge >= 0.3 is 0 Å². The lowest BCUT2D eigenvalue weighted by Gasteiger charge is -2.42. The average molecular weight is 773 g/mol. The summed E-state index contributed by atoms with van der Waals surface area (Å²) in [6, 6.07) is 5.15. The van der Waals surface area contributed by atoms with E-state index in [9.17, 15) is 71.2 Å². The van der Waals surface area contributed by atoms with Crippen molar-refractivity contribution < 1.29 is 99.2 Å². The molecule has 3 saturated heterocycles. The van der Waals surface area contributed by atoms with E-state index >= 15 is 0 Å². The van der Waals surface area contributed by atoms with Crippen molar-refractivity contribution >= 4 is 11.0 Å². The lowest BCUT2D eigenvalue weighted by atomic mass is 9.98. The van der Waals surface area contributed by atoms with Crippen LogP contribution in [0.25, 0.3) is 22.3 Å². The molecule has 3 aromatic rings. The molecule has 2 aromatic carbocycles. The molecular weight excluding hydrogens is 732 g/mol. The molecular formula is C33H40O21. The van der Waals surface area contributed by atoms with Crippen LogP contribution in [-0.2, 0) is 18.9 Å². The Labute approximate surface area is 303 Å². The van der Waals surface area contributed by atoms with Gasteiger partial charge in [0.15, 0.2) is 23.5 Å². The molecule has 0 radical (unpaired) electrons. The maximum absolute atomic E-state index is 14.1. The Morgan fingerprint density at radius 3 is 1.87 bits per heavy atom. The zero-order valence-corrected chi connectivity index (χ0v) is 28.0. The van der Waals surface area contributed by atoms with Crippen LogP contribution in [0.5, 0.6) is 28.7 Å². The van der Waals surface area contributed by atoms with Crippen molar-refractivity contribution in [2.24, 2.45) is 0 Å². The topological polar surface area (TPSA) is 349 Å². The van der Waals surface area contributed by atoms with Crippen molar-refractivity contribution in [2.75, 3.05) is 13.2 Å². The van der Waals surface area contributed by atoms with Crippen molar-refractivity contribution in [1.29, 1.82) is 0 Å². The number of phenolic OH excluding ortho intramolecular Hbond substituents is 3. The van der Waals surface area contributed by atoms with Gasteiger partial charge in [0.1, 0.15) is 89.6 Å². The predicted octanol–water partition coefficient (Wildman–Crippen LogP) is -4.21. The van der Waals surface area contributed by atoms with E-state index < -0.39 is 150 Å². The van der Waals surface area contributed by atoms with Gasteiger partial charge in [-0.25, -0.2) is 0 Å². The highest BCUT2D eigenvalue weighted by molar-refractivity contribution is 5.88. The van der Waals surface area contributed by atoms with Gasteiger partial charge in [-0.2, -0.15) is 0 Å². The normalized spacial score (nSPS) is 37.3. The lowest BCUT2D eigenvalue weighted by Crippen LogP contribution is -2.61. The summed E-state index contributed by atoms with van der Waals surface area (Å²) in [4.78, 5) is 14.1. The first-order chi connectivity index (χ1) is 25.5. The van der Waals surface area contributed by atoms with Gasteiger partial charge < -0.3 is 99.2 Å². The molecule has 21 nitrogen and oxygen atoms in total. The summed E-state index contributed by atoms with van der Waals surface area (Å²) in [5.41, 5.74) is -1.66. The smallest absolute Gasteiger partial charge is 0.239 e. The second-order valence-corrected chi connectivity index (χ2v) is 13.1. The Kier molecular flexibility index (Phi) is 11.5. The summed E-state index contributed by atoms with van der Waals surface area (Å²) in [5, 5.41) is 133. The lowest BCUT2D eigenvalue weighted by molar-refractivity contribution is -0.318. The molecule has 1 aromatic heterocycles. The van der Waals surface area contributed by atoms with E-state index in [0.717, 1.165) is 24.3 Å². The minimum absolute atomic E-state index is 0.122. The van der Waals surface area contributed by atoms with Gasteiger partial charge in [0.2, 0.25) is 23.8 Å². The van der Waals surface area contributed by atoms with Crippen molar-refractivity contribution in [1.82, 2.24) is 0 Å². The molecule has 0 amide bonds. The van der Waals surface area contributed by atoms with Crippen LogP contribution in [0.3, 0.4) is 0 Å². The monoisotopic (exact) mass is 772 g/mol. The largest absolute Gasteiger partial charge is 0.507 e. The van der Waals surface area contributed by atoms with Crippen LogP contribution in [0.4, 0.5) is 0 Å². The standard InChI is InChI=1S/C33H40O21/c1-9-19(38)23(42)26(45)31(49-9)48-8-17-21(40)25(44)28(47)33(53-17)54-30-22(41)18-14(37)5-11(50-32-27(46)24(43)20(39)16(7-34)52-32)6-15(18)51-29(30)10-2-3-12(35)13(36)4-10/h2-6,9,16-17,19-21,23-28,31-40,42-47H,7-8H2,1H3/t9-,16+,17+,19-,20+,21-,23+,24-,25-,26+,27+,28+,31-,32+,33-/m0/s1. The quantitative estimate of drug-likeness (QED) is 0.0917. The molecule has 0 unspecified atom stereocenters. The molecule has 4 heterocycles. The van der Waals surface area contributed by atoms with Crippen LogP contribution in [0.2, 0.25) is 0 Å². The van der Waals surface area contributed by atoms with Crippen LogP contribution >= 0.6 is 0 Å². The fourth-order valence-electron chi connectivity index (χ4n) is 6.19. The molecule has 3 aliphatic heterocycles. The van der Waals surface area contributed by atoms with Crippen molar-refractivity contribution in [2.45, 2.75) is 99.0 Å². The van der Waals surface area contributed by atoms with E-state index in [4.69, 9.17) is 32.8 Å². The van der Waals surface area contributed by atoms with Gasteiger partial charge in [-0.1, -0.05) is 0 Å². The second-order valence-electron chi connectivity index (χ2n) is 13.1. The van der Waals surface area contributed by atoms with E-state index in [-0.39, 0.29) is 11.3 Å². The number of hydrogen-bond donors (Lipinski definition) is 13. The third-order valence-electron chi connectivity index (χ3n) is 9.38. The zero-order valence-electron chi connectivity index (χ0n) is 28.0. The highest BCUT2D eigenvalue weighted by Crippen LogP contribution is 2.40. The molecule has 0 aliphatic carbocycles. The fourth-order valence-corrected chi connectivity index (χ4v) is 6.19. The molecule has 0 spiro atoms. The van der Waals surface area contributed by atoms with Crippen LogP contribution in [-0.4, -0.2) is 172 Å². The van der Waals surface area contributed by atoms with E-state index in [2.05, 4.69) is 0 Å². The molecule has 0 bridgehead atoms. The van der Waals surface area contributed by atoms with Crippen molar-refractivity contribution in [3.05, 3.63) is 40.6 Å². The predicted molar refractivity (Wildman–Crippen MR) is 173 cm³/mol. The zero-order chi connectivity index (χ0) is 39.3. The van der Waals surface area contributed by atoms with Gasteiger partial charge in [0.05, 0.1) is 19.3 Å². The number of aliphatic hydroxyl groups excluding tert-OH is 10. The Bertz CT molecular complexity index is 1850. The molecule has 3 fully saturated rings. The van der Waals surface area contributed by atoms with Crippen molar-refractivity contribution in [3.63, 3.8) is 0 Å². The summed E-state index contributed by atoms with van der Waals surface area (Å²) in [6.07, 6.45) is -25.1. The molecule has 13 N–H and O–H groups in total. The average Bonchev–Trinajstić information content (AvgIpc) is 3.14. The third-order valence-corrected chi connectivity index (χ3v) is 9.38. The summed E-state index contributed by atoms with van der Waals surface area (Å²) in [5.74, 6) is -3.63. The molecule has 15 atom stereocenters. The van der Waals surface area contributed by atoms with Gasteiger partial charge in [0, 0.05) is 17.7 Å². The number of fused-ring (bicyclic) bond motifs is 1. The Morgan fingerprint density at radius 1 is 0.630 bits per heavy atom. The Balaban J connectivity index is 1.34. The van der Waals surface area contributed by atoms with E-state index in [1.807, 2.05) is 0 Å². The number of hydrogen-bond acceptors (Lipinski definition) is 21.